The van der Waals surface area contributed by atoms with Gasteiger partial charge in [-0.25, -0.2) is 4.98 Å². The maximum atomic E-state index is 12.2. The molecule has 6 heteroatoms. The predicted molar refractivity (Wildman–Crippen MR) is 100 cm³/mol. The Morgan fingerprint density at radius 3 is 2.75 bits per heavy atom. The van der Waals surface area contributed by atoms with Gasteiger partial charge in [0.25, 0.3) is 5.56 Å². The van der Waals surface area contributed by atoms with Crippen LogP contribution in [0.2, 0.25) is 0 Å². The van der Waals surface area contributed by atoms with E-state index in [1.54, 1.807) is 17.4 Å². The summed E-state index contributed by atoms with van der Waals surface area (Å²) in [4.78, 5) is 19.9. The Balaban J connectivity index is 1.70. The van der Waals surface area contributed by atoms with E-state index in [-0.39, 0.29) is 5.56 Å². The lowest BCUT2D eigenvalue weighted by molar-refractivity contribution is 0.351. The van der Waals surface area contributed by atoms with E-state index in [1.807, 2.05) is 0 Å². The molecule has 0 radical (unpaired) electrons. The Labute approximate surface area is 147 Å². The standard InChI is InChI=1S/C18H28N4OS/c1-4-5-15-12-16(23)22-17(19-15)24-18(20-22)21-10-8-14(9-11-21)7-6-13(2)3/h12-14H,4-11H2,1-3H3. The number of hydrogen-bond acceptors (Lipinski definition) is 5. The van der Waals surface area contributed by atoms with Gasteiger partial charge >= 0.3 is 0 Å². The van der Waals surface area contributed by atoms with Crippen LogP contribution in [0.4, 0.5) is 5.13 Å². The monoisotopic (exact) mass is 348 g/mol. The maximum absolute atomic E-state index is 12.2. The van der Waals surface area contributed by atoms with Crippen LogP contribution in [0, 0.1) is 11.8 Å². The van der Waals surface area contributed by atoms with Crippen molar-refractivity contribution in [3.05, 3.63) is 22.1 Å². The molecule has 1 aliphatic heterocycles. The summed E-state index contributed by atoms with van der Waals surface area (Å²) >= 11 is 1.54. The molecule has 0 spiro atoms. The van der Waals surface area contributed by atoms with Crippen molar-refractivity contribution in [1.82, 2.24) is 14.6 Å². The molecule has 1 saturated heterocycles. The molecule has 3 rings (SSSR count). The molecule has 0 saturated carbocycles. The Bertz CT molecular complexity index is 728. The minimum absolute atomic E-state index is 0.0576. The fourth-order valence-corrected chi connectivity index (χ4v) is 4.32. The molecular formula is C18H28N4OS. The van der Waals surface area contributed by atoms with Crippen molar-refractivity contribution < 1.29 is 0 Å². The fraction of sp³-hybridized carbons (Fsp3) is 0.722. The summed E-state index contributed by atoms with van der Waals surface area (Å²) in [5, 5.41) is 5.46. The van der Waals surface area contributed by atoms with E-state index < -0.39 is 0 Å². The third-order valence-electron chi connectivity index (χ3n) is 4.83. The van der Waals surface area contributed by atoms with Gasteiger partial charge in [0.1, 0.15) is 0 Å². The highest BCUT2D eigenvalue weighted by atomic mass is 32.1. The molecule has 5 nitrogen and oxygen atoms in total. The number of piperidine rings is 1. The number of nitrogens with zero attached hydrogens (tertiary/aromatic N) is 4. The minimum atomic E-state index is -0.0576. The van der Waals surface area contributed by atoms with Crippen molar-refractivity contribution in [1.29, 1.82) is 0 Å². The zero-order valence-electron chi connectivity index (χ0n) is 15.0. The molecule has 0 unspecified atom stereocenters. The lowest BCUT2D eigenvalue weighted by Crippen LogP contribution is -2.33. The number of fused-ring (bicyclic) bond motifs is 1. The van der Waals surface area contributed by atoms with E-state index in [9.17, 15) is 4.79 Å². The molecule has 0 N–H and O–H groups in total. The number of rotatable bonds is 6. The van der Waals surface area contributed by atoms with E-state index in [2.05, 4.69) is 35.8 Å². The summed E-state index contributed by atoms with van der Waals surface area (Å²) in [7, 11) is 0. The van der Waals surface area contributed by atoms with Crippen molar-refractivity contribution in [2.45, 2.75) is 59.3 Å². The van der Waals surface area contributed by atoms with Gasteiger partial charge in [-0.05, 0) is 31.1 Å². The number of hydrogen-bond donors (Lipinski definition) is 0. The second-order valence-corrected chi connectivity index (χ2v) is 8.25. The third-order valence-corrected chi connectivity index (χ3v) is 5.80. The van der Waals surface area contributed by atoms with Crippen LogP contribution in [0.15, 0.2) is 10.9 Å². The summed E-state index contributed by atoms with van der Waals surface area (Å²) in [5.41, 5.74) is 0.822. The van der Waals surface area contributed by atoms with Crippen molar-refractivity contribution in [2.75, 3.05) is 18.0 Å². The molecule has 24 heavy (non-hydrogen) atoms. The molecule has 1 aliphatic rings. The highest BCUT2D eigenvalue weighted by molar-refractivity contribution is 7.20. The van der Waals surface area contributed by atoms with Crippen LogP contribution in [0.1, 0.15) is 58.6 Å². The Kier molecular flexibility index (Phi) is 5.54. The van der Waals surface area contributed by atoms with Crippen molar-refractivity contribution in [2.24, 2.45) is 11.8 Å². The Morgan fingerprint density at radius 2 is 2.08 bits per heavy atom. The van der Waals surface area contributed by atoms with Crippen LogP contribution in [0.25, 0.3) is 4.96 Å². The fourth-order valence-electron chi connectivity index (χ4n) is 3.34. The molecule has 2 aromatic rings. The molecule has 0 bridgehead atoms. The van der Waals surface area contributed by atoms with E-state index in [4.69, 9.17) is 0 Å². The lowest BCUT2D eigenvalue weighted by atomic mass is 9.90. The summed E-state index contributed by atoms with van der Waals surface area (Å²) in [5.74, 6) is 1.64. The van der Waals surface area contributed by atoms with Crippen LogP contribution >= 0.6 is 11.3 Å². The first-order valence-electron chi connectivity index (χ1n) is 9.21. The molecule has 2 aromatic heterocycles. The van der Waals surface area contributed by atoms with Gasteiger partial charge in [-0.2, -0.15) is 4.52 Å². The van der Waals surface area contributed by atoms with E-state index in [0.717, 1.165) is 53.6 Å². The molecule has 0 aromatic carbocycles. The molecule has 3 heterocycles. The summed E-state index contributed by atoms with van der Waals surface area (Å²) in [6, 6.07) is 1.62. The summed E-state index contributed by atoms with van der Waals surface area (Å²) < 4.78 is 1.46. The molecule has 0 amide bonds. The van der Waals surface area contributed by atoms with E-state index in [1.165, 1.54) is 30.2 Å². The highest BCUT2D eigenvalue weighted by Crippen LogP contribution is 2.29. The predicted octanol–water partition coefficient (Wildman–Crippen LogP) is 3.76. The highest BCUT2D eigenvalue weighted by Gasteiger charge is 2.22. The molecular weight excluding hydrogens is 320 g/mol. The molecule has 0 aliphatic carbocycles. The van der Waals surface area contributed by atoms with Gasteiger partial charge in [0.15, 0.2) is 0 Å². The average molecular weight is 349 g/mol. The first-order valence-corrected chi connectivity index (χ1v) is 10.0. The Morgan fingerprint density at radius 1 is 1.33 bits per heavy atom. The zero-order valence-corrected chi connectivity index (χ0v) is 15.8. The first kappa shape index (κ1) is 17.4. The third kappa shape index (κ3) is 3.97. The first-order chi connectivity index (χ1) is 11.6. The second kappa shape index (κ2) is 7.64. The normalized spacial score (nSPS) is 16.4. The van der Waals surface area contributed by atoms with Crippen LogP contribution in [-0.4, -0.2) is 27.7 Å². The van der Waals surface area contributed by atoms with Crippen molar-refractivity contribution in [3.63, 3.8) is 0 Å². The van der Waals surface area contributed by atoms with Crippen molar-refractivity contribution in [3.8, 4) is 0 Å². The van der Waals surface area contributed by atoms with Gasteiger partial charge in [0.2, 0.25) is 10.1 Å². The minimum Gasteiger partial charge on any atom is -0.347 e. The number of anilines is 1. The van der Waals surface area contributed by atoms with E-state index in [0.29, 0.717) is 0 Å². The smallest absolute Gasteiger partial charge is 0.275 e. The molecule has 1 fully saturated rings. The lowest BCUT2D eigenvalue weighted by Gasteiger charge is -2.31. The van der Waals surface area contributed by atoms with Crippen LogP contribution in [0.3, 0.4) is 0 Å². The zero-order chi connectivity index (χ0) is 17.1. The topological polar surface area (TPSA) is 50.5 Å². The van der Waals surface area contributed by atoms with Gasteiger partial charge in [0.05, 0.1) is 0 Å². The van der Waals surface area contributed by atoms with Crippen LogP contribution in [0.5, 0.6) is 0 Å². The number of aryl methyl sites for hydroxylation is 1. The van der Waals surface area contributed by atoms with Gasteiger partial charge in [-0.1, -0.05) is 51.4 Å². The van der Waals surface area contributed by atoms with Gasteiger partial charge in [-0.15, -0.1) is 5.10 Å². The quantitative estimate of drug-likeness (QED) is 0.798. The SMILES string of the molecule is CCCc1cc(=O)n2nc(N3CCC(CCC(C)C)CC3)sc2n1. The molecule has 0 atom stereocenters. The van der Waals surface area contributed by atoms with Gasteiger partial charge in [-0.3, -0.25) is 4.79 Å². The number of aromatic nitrogens is 3. The summed E-state index contributed by atoms with van der Waals surface area (Å²) in [6.07, 6.45) is 6.97. The molecule has 132 valence electrons. The summed E-state index contributed by atoms with van der Waals surface area (Å²) in [6.45, 7) is 8.78. The largest absolute Gasteiger partial charge is 0.347 e. The van der Waals surface area contributed by atoms with Gasteiger partial charge in [0, 0.05) is 24.8 Å². The van der Waals surface area contributed by atoms with Gasteiger partial charge < -0.3 is 4.90 Å². The van der Waals surface area contributed by atoms with Crippen LogP contribution < -0.4 is 10.5 Å². The van der Waals surface area contributed by atoms with E-state index >= 15 is 0 Å². The second-order valence-electron chi connectivity index (χ2n) is 7.32. The maximum Gasteiger partial charge on any atom is 0.275 e. The van der Waals surface area contributed by atoms with Crippen molar-refractivity contribution >= 4 is 21.4 Å². The Hall–Kier alpha value is -1.43. The average Bonchev–Trinajstić information content (AvgIpc) is 2.98. The van der Waals surface area contributed by atoms with Crippen LogP contribution in [-0.2, 0) is 6.42 Å².